The van der Waals surface area contributed by atoms with Crippen LogP contribution in [-0.4, -0.2) is 14.2 Å². The predicted octanol–water partition coefficient (Wildman–Crippen LogP) is 0.714. The summed E-state index contributed by atoms with van der Waals surface area (Å²) in [7, 11) is 3.48. The molecule has 0 aromatic carbocycles. The van der Waals surface area contributed by atoms with Crippen molar-refractivity contribution in [3.8, 4) is 0 Å². The summed E-state index contributed by atoms with van der Waals surface area (Å²) in [6, 6.07) is 0. The lowest BCUT2D eigenvalue weighted by Gasteiger charge is -1.94. The van der Waals surface area contributed by atoms with Crippen molar-refractivity contribution in [2.75, 3.05) is 14.2 Å². The molecule has 2 heteroatoms. The lowest BCUT2D eigenvalue weighted by molar-refractivity contribution is 0.332. The molecule has 0 heterocycles. The quantitative estimate of drug-likeness (QED) is 0.517. The summed E-state index contributed by atoms with van der Waals surface area (Å²) in [4.78, 5) is 0. The fraction of sp³-hybridized carbons (Fsp3) is 0.600. The Balaban J connectivity index is 3.29. The van der Waals surface area contributed by atoms with E-state index in [0.717, 1.165) is 5.70 Å². The molecule has 0 rings (SSSR count). The number of rotatable bonds is 2. The van der Waals surface area contributed by atoms with E-state index in [4.69, 9.17) is 0 Å². The highest BCUT2D eigenvalue weighted by atomic mass is 16.5. The fourth-order valence-electron chi connectivity index (χ4n) is 0.236. The first kappa shape index (κ1) is 6.34. The van der Waals surface area contributed by atoms with Crippen LogP contribution in [0.5, 0.6) is 0 Å². The Morgan fingerprint density at radius 3 is 2.43 bits per heavy atom. The van der Waals surface area contributed by atoms with Crippen LogP contribution in [0.2, 0.25) is 0 Å². The third-order valence-corrected chi connectivity index (χ3v) is 0.689. The van der Waals surface area contributed by atoms with Gasteiger partial charge >= 0.3 is 0 Å². The number of methoxy groups -OCH3 is 1. The third-order valence-electron chi connectivity index (χ3n) is 0.689. The molecule has 0 aliphatic heterocycles. The van der Waals surface area contributed by atoms with Gasteiger partial charge < -0.3 is 10.1 Å². The summed E-state index contributed by atoms with van der Waals surface area (Å²) in [6.45, 7) is 1.93. The number of allylic oxidation sites excluding steroid dienone is 1. The van der Waals surface area contributed by atoms with E-state index < -0.39 is 0 Å². The van der Waals surface area contributed by atoms with E-state index in [0.29, 0.717) is 0 Å². The van der Waals surface area contributed by atoms with Gasteiger partial charge in [0.25, 0.3) is 0 Å². The Labute approximate surface area is 44.2 Å². The highest BCUT2D eigenvalue weighted by Crippen LogP contribution is 1.80. The molecule has 0 saturated carbocycles. The average molecular weight is 101 g/mol. The van der Waals surface area contributed by atoms with Crippen molar-refractivity contribution in [3.05, 3.63) is 12.0 Å². The second kappa shape index (κ2) is 3.53. The zero-order valence-corrected chi connectivity index (χ0v) is 4.99. The SMILES string of the molecule is CN/C(C)=C\OC. The van der Waals surface area contributed by atoms with Gasteiger partial charge in [-0.25, -0.2) is 0 Å². The zero-order chi connectivity index (χ0) is 5.70. The Morgan fingerprint density at radius 2 is 2.29 bits per heavy atom. The van der Waals surface area contributed by atoms with Gasteiger partial charge in [0.1, 0.15) is 6.26 Å². The molecule has 0 spiro atoms. The van der Waals surface area contributed by atoms with E-state index in [-0.39, 0.29) is 0 Å². The van der Waals surface area contributed by atoms with Gasteiger partial charge in [-0.1, -0.05) is 0 Å². The summed E-state index contributed by atoms with van der Waals surface area (Å²) < 4.78 is 4.67. The van der Waals surface area contributed by atoms with Crippen molar-refractivity contribution in [1.29, 1.82) is 0 Å². The maximum absolute atomic E-state index is 4.67. The first-order valence-electron chi connectivity index (χ1n) is 2.18. The Hall–Kier alpha value is -0.660. The molecule has 0 bridgehead atoms. The van der Waals surface area contributed by atoms with Crippen LogP contribution >= 0.6 is 0 Å². The van der Waals surface area contributed by atoms with E-state index >= 15 is 0 Å². The van der Waals surface area contributed by atoms with Crippen LogP contribution in [-0.2, 0) is 4.74 Å². The summed E-state index contributed by atoms with van der Waals surface area (Å²) in [5.74, 6) is 0. The number of hydrogen-bond acceptors (Lipinski definition) is 2. The largest absolute Gasteiger partial charge is 0.503 e. The van der Waals surface area contributed by atoms with Crippen molar-refractivity contribution in [2.24, 2.45) is 0 Å². The van der Waals surface area contributed by atoms with Gasteiger partial charge in [-0.3, -0.25) is 0 Å². The molecule has 42 valence electrons. The minimum atomic E-state index is 1.03. The Morgan fingerprint density at radius 1 is 1.71 bits per heavy atom. The van der Waals surface area contributed by atoms with Gasteiger partial charge in [-0.2, -0.15) is 0 Å². The standard InChI is InChI=1S/C5H11NO/c1-5(6-2)4-7-3/h4,6H,1-3H3/b5-4-. The molecule has 0 saturated heterocycles. The first-order valence-corrected chi connectivity index (χ1v) is 2.18. The lowest BCUT2D eigenvalue weighted by Crippen LogP contribution is -2.01. The number of hydrogen-bond donors (Lipinski definition) is 1. The third kappa shape index (κ3) is 3.16. The van der Waals surface area contributed by atoms with Crippen LogP contribution in [0.3, 0.4) is 0 Å². The van der Waals surface area contributed by atoms with E-state index in [9.17, 15) is 0 Å². The van der Waals surface area contributed by atoms with E-state index in [1.165, 1.54) is 0 Å². The van der Waals surface area contributed by atoms with E-state index in [1.807, 2.05) is 14.0 Å². The van der Waals surface area contributed by atoms with Crippen LogP contribution in [0.25, 0.3) is 0 Å². The number of nitrogens with one attached hydrogen (secondary N) is 1. The maximum atomic E-state index is 4.67. The second-order valence-corrected chi connectivity index (χ2v) is 1.29. The fourth-order valence-corrected chi connectivity index (χ4v) is 0.236. The van der Waals surface area contributed by atoms with Gasteiger partial charge in [0.15, 0.2) is 0 Å². The predicted molar refractivity (Wildman–Crippen MR) is 29.8 cm³/mol. The van der Waals surface area contributed by atoms with Crippen molar-refractivity contribution in [3.63, 3.8) is 0 Å². The van der Waals surface area contributed by atoms with Crippen molar-refractivity contribution in [2.45, 2.75) is 6.92 Å². The lowest BCUT2D eigenvalue weighted by atomic mass is 10.6. The maximum Gasteiger partial charge on any atom is 0.101 e. The summed E-state index contributed by atoms with van der Waals surface area (Å²) in [5, 5.41) is 2.90. The average Bonchev–Trinajstić information content (AvgIpc) is 1.68. The topological polar surface area (TPSA) is 21.3 Å². The highest BCUT2D eigenvalue weighted by molar-refractivity contribution is 4.87. The molecular formula is C5H11NO. The van der Waals surface area contributed by atoms with Crippen LogP contribution < -0.4 is 5.32 Å². The minimum absolute atomic E-state index is 1.03. The zero-order valence-electron chi connectivity index (χ0n) is 4.99. The molecule has 0 aliphatic rings. The molecule has 0 aromatic heterocycles. The molecule has 0 radical (unpaired) electrons. The van der Waals surface area contributed by atoms with Gasteiger partial charge in [0.05, 0.1) is 7.11 Å². The molecule has 1 N–H and O–H groups in total. The van der Waals surface area contributed by atoms with Crippen LogP contribution in [0, 0.1) is 0 Å². The van der Waals surface area contributed by atoms with Gasteiger partial charge in [-0.15, -0.1) is 0 Å². The van der Waals surface area contributed by atoms with Crippen molar-refractivity contribution < 1.29 is 4.74 Å². The van der Waals surface area contributed by atoms with Crippen LogP contribution in [0.15, 0.2) is 12.0 Å². The van der Waals surface area contributed by atoms with Gasteiger partial charge in [0.2, 0.25) is 0 Å². The molecular weight excluding hydrogens is 90.1 g/mol. The van der Waals surface area contributed by atoms with Gasteiger partial charge in [-0.05, 0) is 6.92 Å². The summed E-state index contributed by atoms with van der Waals surface area (Å²) >= 11 is 0. The monoisotopic (exact) mass is 101 g/mol. The molecule has 2 nitrogen and oxygen atoms in total. The molecule has 0 amide bonds. The van der Waals surface area contributed by atoms with Crippen LogP contribution in [0.4, 0.5) is 0 Å². The van der Waals surface area contributed by atoms with Crippen LogP contribution in [0.1, 0.15) is 6.92 Å². The molecule has 0 unspecified atom stereocenters. The van der Waals surface area contributed by atoms with Crippen molar-refractivity contribution >= 4 is 0 Å². The molecule has 0 aromatic rings. The molecule has 0 atom stereocenters. The minimum Gasteiger partial charge on any atom is -0.503 e. The summed E-state index contributed by atoms with van der Waals surface area (Å²) in [5.41, 5.74) is 1.03. The summed E-state index contributed by atoms with van der Waals surface area (Å²) in [6.07, 6.45) is 1.65. The second-order valence-electron chi connectivity index (χ2n) is 1.29. The highest BCUT2D eigenvalue weighted by Gasteiger charge is 1.74. The smallest absolute Gasteiger partial charge is 0.101 e. The van der Waals surface area contributed by atoms with E-state index in [2.05, 4.69) is 10.1 Å². The molecule has 7 heavy (non-hydrogen) atoms. The van der Waals surface area contributed by atoms with Gasteiger partial charge in [0, 0.05) is 12.7 Å². The number of ether oxygens (including phenoxy) is 1. The molecule has 0 fully saturated rings. The first-order chi connectivity index (χ1) is 3.31. The Bertz CT molecular complexity index is 68.5. The van der Waals surface area contributed by atoms with Crippen molar-refractivity contribution in [1.82, 2.24) is 5.32 Å². The normalized spacial score (nSPS) is 11.0. The molecule has 0 aliphatic carbocycles. The Kier molecular flexibility index (Phi) is 3.19. The van der Waals surface area contributed by atoms with E-state index in [1.54, 1.807) is 13.4 Å².